The maximum atomic E-state index is 12.3. The van der Waals surface area contributed by atoms with E-state index in [1.54, 1.807) is 19.1 Å². The highest BCUT2D eigenvalue weighted by Gasteiger charge is 2.44. The van der Waals surface area contributed by atoms with E-state index < -0.39 is 15.6 Å². The van der Waals surface area contributed by atoms with Gasteiger partial charge in [0.2, 0.25) is 10.0 Å². The average Bonchev–Trinajstić information content (AvgIpc) is 2.25. The first kappa shape index (κ1) is 13.8. The Hall–Kier alpha value is -0.630. The molecule has 0 amide bonds. The Kier molecular flexibility index (Phi) is 3.44. The summed E-state index contributed by atoms with van der Waals surface area (Å²) in [5.41, 5.74) is -0.938. The van der Waals surface area contributed by atoms with Gasteiger partial charge in [-0.05, 0) is 25.1 Å². The van der Waals surface area contributed by atoms with E-state index >= 15 is 0 Å². The number of benzene rings is 1. The second-order valence-electron chi connectivity index (χ2n) is 4.57. The third-order valence-corrected chi connectivity index (χ3v) is 5.08. The molecule has 0 atom stereocenters. The minimum atomic E-state index is -3.62. The van der Waals surface area contributed by atoms with Gasteiger partial charge in [-0.25, -0.2) is 8.42 Å². The molecule has 0 saturated carbocycles. The normalized spacial score (nSPS) is 19.3. The number of hydrogen-bond donors (Lipinski definition) is 1. The lowest BCUT2D eigenvalue weighted by molar-refractivity contribution is -0.0426. The molecule has 1 saturated heterocycles. The molecule has 1 heterocycles. The largest absolute Gasteiger partial charge is 0.495 e. The van der Waals surface area contributed by atoms with Gasteiger partial charge in [-0.1, -0.05) is 15.9 Å². The molecule has 1 aromatic carbocycles. The smallest absolute Gasteiger partial charge is 0.246 e. The fraction of sp³-hybridized carbons (Fsp3) is 0.455. The first-order valence-corrected chi connectivity index (χ1v) is 7.56. The molecule has 1 aliphatic heterocycles. The van der Waals surface area contributed by atoms with Crippen molar-refractivity contribution < 1.29 is 18.3 Å². The minimum Gasteiger partial charge on any atom is -0.495 e. The van der Waals surface area contributed by atoms with Crippen LogP contribution in [0.25, 0.3) is 0 Å². The van der Waals surface area contributed by atoms with Gasteiger partial charge < -0.3 is 9.84 Å². The number of rotatable bonds is 3. The molecule has 2 rings (SSSR count). The molecule has 1 fully saturated rings. The molecule has 5 nitrogen and oxygen atoms in total. The van der Waals surface area contributed by atoms with Gasteiger partial charge in [0.1, 0.15) is 10.6 Å². The van der Waals surface area contributed by atoms with E-state index in [1.807, 2.05) is 0 Å². The summed E-state index contributed by atoms with van der Waals surface area (Å²) in [4.78, 5) is 0.106. The Morgan fingerprint density at radius 1 is 1.44 bits per heavy atom. The van der Waals surface area contributed by atoms with Crippen molar-refractivity contribution in [1.82, 2.24) is 4.31 Å². The Morgan fingerprint density at radius 2 is 2.06 bits per heavy atom. The van der Waals surface area contributed by atoms with E-state index in [9.17, 15) is 13.5 Å². The van der Waals surface area contributed by atoms with Gasteiger partial charge >= 0.3 is 0 Å². The van der Waals surface area contributed by atoms with E-state index in [2.05, 4.69) is 15.9 Å². The minimum absolute atomic E-state index is 0.102. The lowest BCUT2D eigenvalue weighted by Crippen LogP contribution is -2.61. The topological polar surface area (TPSA) is 66.8 Å². The van der Waals surface area contributed by atoms with Crippen molar-refractivity contribution in [2.75, 3.05) is 20.2 Å². The van der Waals surface area contributed by atoms with Crippen LogP contribution in [0.2, 0.25) is 0 Å². The Bertz CT molecular complexity index is 562. The monoisotopic (exact) mass is 335 g/mol. The number of methoxy groups -OCH3 is 1. The van der Waals surface area contributed by atoms with Crippen LogP contribution in [0.15, 0.2) is 27.6 Å². The van der Waals surface area contributed by atoms with Gasteiger partial charge in [0, 0.05) is 17.6 Å². The molecule has 1 N–H and O–H groups in total. The van der Waals surface area contributed by atoms with Gasteiger partial charge in [0.15, 0.2) is 0 Å². The highest BCUT2D eigenvalue weighted by Crippen LogP contribution is 2.33. The van der Waals surface area contributed by atoms with Crippen LogP contribution in [0.4, 0.5) is 0 Å². The lowest BCUT2D eigenvalue weighted by atomic mass is 10.0. The van der Waals surface area contributed by atoms with Crippen LogP contribution in [0.3, 0.4) is 0 Å². The van der Waals surface area contributed by atoms with Crippen molar-refractivity contribution in [1.29, 1.82) is 0 Å². The molecule has 0 aromatic heterocycles. The van der Waals surface area contributed by atoms with Crippen LogP contribution in [-0.4, -0.2) is 43.6 Å². The second kappa shape index (κ2) is 4.48. The van der Waals surface area contributed by atoms with Gasteiger partial charge in [-0.2, -0.15) is 4.31 Å². The Balaban J connectivity index is 2.39. The number of ether oxygens (including phenoxy) is 1. The van der Waals surface area contributed by atoms with Crippen LogP contribution < -0.4 is 4.74 Å². The summed E-state index contributed by atoms with van der Waals surface area (Å²) < 4.78 is 31.7. The van der Waals surface area contributed by atoms with Crippen LogP contribution >= 0.6 is 15.9 Å². The number of hydrogen-bond acceptors (Lipinski definition) is 4. The van der Waals surface area contributed by atoms with Crippen LogP contribution in [0.5, 0.6) is 5.75 Å². The third-order valence-electron chi connectivity index (χ3n) is 2.78. The fourth-order valence-corrected chi connectivity index (χ4v) is 4.24. The van der Waals surface area contributed by atoms with Gasteiger partial charge in [0.05, 0.1) is 12.7 Å². The zero-order valence-electron chi connectivity index (χ0n) is 10.1. The first-order valence-electron chi connectivity index (χ1n) is 5.32. The Labute approximate surface area is 115 Å². The molecule has 7 heteroatoms. The molecule has 0 spiro atoms. The summed E-state index contributed by atoms with van der Waals surface area (Å²) >= 11 is 3.24. The zero-order valence-corrected chi connectivity index (χ0v) is 12.5. The number of β-amino-alcohol motifs (C(OH)–C–C–N with tert-alkyl or cyclic N) is 1. The summed E-state index contributed by atoms with van der Waals surface area (Å²) in [6.45, 7) is 1.81. The quantitative estimate of drug-likeness (QED) is 0.901. The maximum Gasteiger partial charge on any atom is 0.246 e. The number of aliphatic hydroxyl groups is 1. The van der Waals surface area contributed by atoms with Gasteiger partial charge in [-0.3, -0.25) is 0 Å². The summed E-state index contributed by atoms with van der Waals surface area (Å²) in [5.74, 6) is 0.296. The van der Waals surface area contributed by atoms with E-state index in [1.165, 1.54) is 17.5 Å². The molecular formula is C11H14BrNO4S. The Morgan fingerprint density at radius 3 is 2.56 bits per heavy atom. The van der Waals surface area contributed by atoms with Crippen molar-refractivity contribution in [3.05, 3.63) is 22.7 Å². The molecule has 18 heavy (non-hydrogen) atoms. The fourth-order valence-electron chi connectivity index (χ4n) is 1.87. The summed E-state index contributed by atoms with van der Waals surface area (Å²) in [6, 6.07) is 4.81. The molecule has 1 aromatic rings. The van der Waals surface area contributed by atoms with Crippen molar-refractivity contribution >= 4 is 26.0 Å². The number of sulfonamides is 1. The van der Waals surface area contributed by atoms with E-state index in [4.69, 9.17) is 4.74 Å². The number of halogens is 1. The van der Waals surface area contributed by atoms with E-state index in [-0.39, 0.29) is 18.0 Å². The van der Waals surface area contributed by atoms with Crippen molar-refractivity contribution in [2.45, 2.75) is 17.4 Å². The van der Waals surface area contributed by atoms with Crippen LogP contribution in [0.1, 0.15) is 6.92 Å². The summed E-state index contributed by atoms with van der Waals surface area (Å²) in [5, 5.41) is 9.63. The summed E-state index contributed by atoms with van der Waals surface area (Å²) in [6.07, 6.45) is 0. The third kappa shape index (κ3) is 2.40. The zero-order chi connectivity index (χ0) is 13.6. The van der Waals surface area contributed by atoms with E-state index in [0.717, 1.165) is 0 Å². The average molecular weight is 336 g/mol. The standard InChI is InChI=1S/C11H14BrNO4S/c1-11(14)6-13(7-11)18(15,16)10-5-8(12)3-4-9(10)17-2/h3-5,14H,6-7H2,1-2H3. The van der Waals surface area contributed by atoms with Crippen molar-refractivity contribution in [2.24, 2.45) is 0 Å². The van der Waals surface area contributed by atoms with Crippen molar-refractivity contribution in [3.8, 4) is 5.75 Å². The highest BCUT2D eigenvalue weighted by molar-refractivity contribution is 9.10. The molecule has 0 radical (unpaired) electrons. The molecule has 100 valence electrons. The first-order chi connectivity index (χ1) is 8.26. The van der Waals surface area contributed by atoms with Crippen LogP contribution in [0, 0.1) is 0 Å². The second-order valence-corrected chi connectivity index (χ2v) is 7.39. The SMILES string of the molecule is COc1ccc(Br)cc1S(=O)(=O)N1CC(C)(O)C1. The maximum absolute atomic E-state index is 12.3. The predicted molar refractivity (Wildman–Crippen MR) is 70.1 cm³/mol. The summed E-state index contributed by atoms with van der Waals surface area (Å²) in [7, 11) is -2.20. The molecule has 0 unspecified atom stereocenters. The van der Waals surface area contributed by atoms with Gasteiger partial charge in [-0.15, -0.1) is 0 Å². The molecule has 1 aliphatic rings. The molecule has 0 bridgehead atoms. The van der Waals surface area contributed by atoms with Crippen LogP contribution in [-0.2, 0) is 10.0 Å². The number of nitrogens with zero attached hydrogens (tertiary/aromatic N) is 1. The molecular weight excluding hydrogens is 322 g/mol. The predicted octanol–water partition coefficient (Wildman–Crippen LogP) is 1.21. The van der Waals surface area contributed by atoms with E-state index in [0.29, 0.717) is 10.2 Å². The highest BCUT2D eigenvalue weighted by atomic mass is 79.9. The lowest BCUT2D eigenvalue weighted by Gasteiger charge is -2.42. The van der Waals surface area contributed by atoms with Crippen molar-refractivity contribution in [3.63, 3.8) is 0 Å². The van der Waals surface area contributed by atoms with Gasteiger partial charge in [0.25, 0.3) is 0 Å². The molecule has 0 aliphatic carbocycles.